The van der Waals surface area contributed by atoms with E-state index in [0.29, 0.717) is 23.8 Å². The molecule has 2 rings (SSSR count). The predicted molar refractivity (Wildman–Crippen MR) is 106 cm³/mol. The Kier molecular flexibility index (Phi) is 7.53. The SMILES string of the molecule is CCOC(=O)c1ccc(NC(=S)NCCCc2ccc(F)cc2)c(C)c1. The lowest BCUT2D eigenvalue weighted by atomic mass is 10.1. The Hall–Kier alpha value is -2.47. The summed E-state index contributed by atoms with van der Waals surface area (Å²) in [4.78, 5) is 11.7. The molecule has 0 atom stereocenters. The number of ether oxygens (including phenoxy) is 1. The van der Waals surface area contributed by atoms with Crippen LogP contribution in [0.15, 0.2) is 42.5 Å². The number of hydrogen-bond acceptors (Lipinski definition) is 3. The van der Waals surface area contributed by atoms with Gasteiger partial charge in [-0.3, -0.25) is 0 Å². The molecule has 0 fully saturated rings. The molecule has 4 nitrogen and oxygen atoms in total. The van der Waals surface area contributed by atoms with Gasteiger partial charge >= 0.3 is 5.97 Å². The van der Waals surface area contributed by atoms with Crippen molar-refractivity contribution in [2.45, 2.75) is 26.7 Å². The smallest absolute Gasteiger partial charge is 0.338 e. The van der Waals surface area contributed by atoms with Crippen LogP contribution in [0.25, 0.3) is 0 Å². The summed E-state index contributed by atoms with van der Waals surface area (Å²) >= 11 is 5.31. The number of benzene rings is 2. The van der Waals surface area contributed by atoms with Gasteiger partial charge in [-0.2, -0.15) is 0 Å². The van der Waals surface area contributed by atoms with Crippen LogP contribution in [-0.2, 0) is 11.2 Å². The van der Waals surface area contributed by atoms with Crippen LogP contribution in [0.5, 0.6) is 0 Å². The van der Waals surface area contributed by atoms with Crippen LogP contribution in [-0.4, -0.2) is 24.2 Å². The number of nitrogens with one attached hydrogen (secondary N) is 2. The van der Waals surface area contributed by atoms with Gasteiger partial charge in [0, 0.05) is 12.2 Å². The first-order chi connectivity index (χ1) is 12.5. The zero-order chi connectivity index (χ0) is 18.9. The van der Waals surface area contributed by atoms with Gasteiger partial charge in [-0.25, -0.2) is 9.18 Å². The molecule has 0 bridgehead atoms. The molecule has 0 aliphatic carbocycles. The van der Waals surface area contributed by atoms with Crippen molar-refractivity contribution in [2.75, 3.05) is 18.5 Å². The van der Waals surface area contributed by atoms with Gasteiger partial charge < -0.3 is 15.4 Å². The fourth-order valence-electron chi connectivity index (χ4n) is 2.46. The van der Waals surface area contributed by atoms with E-state index in [9.17, 15) is 9.18 Å². The van der Waals surface area contributed by atoms with Crippen molar-refractivity contribution in [3.8, 4) is 0 Å². The molecule has 0 heterocycles. The van der Waals surface area contributed by atoms with E-state index in [1.807, 2.05) is 13.0 Å². The first-order valence-electron chi connectivity index (χ1n) is 8.56. The molecule has 0 amide bonds. The third kappa shape index (κ3) is 6.11. The first kappa shape index (κ1) is 19.8. The van der Waals surface area contributed by atoms with E-state index in [4.69, 9.17) is 17.0 Å². The summed E-state index contributed by atoms with van der Waals surface area (Å²) in [5.41, 5.74) is 3.37. The average molecular weight is 374 g/mol. The molecule has 2 N–H and O–H groups in total. The first-order valence-corrected chi connectivity index (χ1v) is 8.97. The summed E-state index contributed by atoms with van der Waals surface area (Å²) < 4.78 is 17.9. The van der Waals surface area contributed by atoms with Crippen molar-refractivity contribution in [1.82, 2.24) is 5.32 Å². The van der Waals surface area contributed by atoms with E-state index >= 15 is 0 Å². The van der Waals surface area contributed by atoms with Crippen molar-refractivity contribution in [2.24, 2.45) is 0 Å². The fraction of sp³-hybridized carbons (Fsp3) is 0.300. The molecule has 0 aromatic heterocycles. The second kappa shape index (κ2) is 9.87. The van der Waals surface area contributed by atoms with Crippen molar-refractivity contribution >= 4 is 29.0 Å². The zero-order valence-electron chi connectivity index (χ0n) is 15.0. The van der Waals surface area contributed by atoms with Crippen LogP contribution in [0.1, 0.15) is 34.8 Å². The van der Waals surface area contributed by atoms with Crippen LogP contribution in [0.3, 0.4) is 0 Å². The lowest BCUT2D eigenvalue weighted by Gasteiger charge is -2.13. The maximum atomic E-state index is 12.9. The predicted octanol–water partition coefficient (Wildman–Crippen LogP) is 4.23. The number of anilines is 1. The number of thiocarbonyl (C=S) groups is 1. The summed E-state index contributed by atoms with van der Waals surface area (Å²) in [5.74, 6) is -0.551. The molecule has 0 saturated heterocycles. The van der Waals surface area contributed by atoms with Crippen LogP contribution >= 0.6 is 12.2 Å². The molecule has 0 radical (unpaired) electrons. The van der Waals surface area contributed by atoms with Gasteiger partial charge in [-0.1, -0.05) is 12.1 Å². The van der Waals surface area contributed by atoms with E-state index < -0.39 is 0 Å². The summed E-state index contributed by atoms with van der Waals surface area (Å²) in [7, 11) is 0. The van der Waals surface area contributed by atoms with Crippen molar-refractivity contribution in [3.63, 3.8) is 0 Å². The van der Waals surface area contributed by atoms with Gasteiger partial charge in [0.2, 0.25) is 0 Å². The Labute approximate surface area is 158 Å². The minimum atomic E-state index is -0.330. The summed E-state index contributed by atoms with van der Waals surface area (Å²) in [6, 6.07) is 11.8. The van der Waals surface area contributed by atoms with E-state index in [1.54, 1.807) is 31.2 Å². The quantitative estimate of drug-likeness (QED) is 0.431. The Balaban J connectivity index is 1.78. The summed E-state index contributed by atoms with van der Waals surface area (Å²) in [6.45, 7) is 4.75. The third-order valence-corrected chi connectivity index (χ3v) is 4.07. The Morgan fingerprint density at radius 1 is 1.19 bits per heavy atom. The highest BCUT2D eigenvalue weighted by molar-refractivity contribution is 7.80. The molecule has 0 spiro atoms. The number of hydrogen-bond donors (Lipinski definition) is 2. The largest absolute Gasteiger partial charge is 0.462 e. The Bertz CT molecular complexity index is 763. The zero-order valence-corrected chi connectivity index (χ0v) is 15.8. The maximum absolute atomic E-state index is 12.9. The lowest BCUT2D eigenvalue weighted by molar-refractivity contribution is 0.0526. The highest BCUT2D eigenvalue weighted by Crippen LogP contribution is 2.17. The highest BCUT2D eigenvalue weighted by atomic mass is 32.1. The van der Waals surface area contributed by atoms with Gasteiger partial charge in [-0.05, 0) is 80.4 Å². The van der Waals surface area contributed by atoms with Gasteiger partial charge in [0.05, 0.1) is 12.2 Å². The molecule has 2 aromatic rings. The number of carbonyl (C=O) groups is 1. The standard InChI is InChI=1S/C20H23FN2O2S/c1-3-25-19(24)16-8-11-18(14(2)13-16)23-20(26)22-12-4-5-15-6-9-17(21)10-7-15/h6-11,13H,3-5,12H2,1-2H3,(H2,22,23,26). The van der Waals surface area contributed by atoms with Crippen LogP contribution in [0.4, 0.5) is 10.1 Å². The molecule has 0 saturated carbocycles. The van der Waals surface area contributed by atoms with Gasteiger partial charge in [0.25, 0.3) is 0 Å². The third-order valence-electron chi connectivity index (χ3n) is 3.83. The van der Waals surface area contributed by atoms with Crippen molar-refractivity contribution in [1.29, 1.82) is 0 Å². The van der Waals surface area contributed by atoms with Crippen LogP contribution in [0, 0.1) is 12.7 Å². The minimum absolute atomic E-state index is 0.221. The monoisotopic (exact) mass is 374 g/mol. The molecule has 0 unspecified atom stereocenters. The van der Waals surface area contributed by atoms with Crippen LogP contribution in [0.2, 0.25) is 0 Å². The summed E-state index contributed by atoms with van der Waals surface area (Å²) in [5, 5.41) is 6.81. The topological polar surface area (TPSA) is 50.4 Å². The van der Waals surface area contributed by atoms with E-state index in [0.717, 1.165) is 29.7 Å². The highest BCUT2D eigenvalue weighted by Gasteiger charge is 2.09. The molecule has 6 heteroatoms. The molecule has 26 heavy (non-hydrogen) atoms. The number of aryl methyl sites for hydroxylation is 2. The van der Waals surface area contributed by atoms with Crippen LogP contribution < -0.4 is 10.6 Å². The maximum Gasteiger partial charge on any atom is 0.338 e. The van der Waals surface area contributed by atoms with E-state index in [-0.39, 0.29) is 11.8 Å². The summed E-state index contributed by atoms with van der Waals surface area (Å²) in [6.07, 6.45) is 1.73. The number of carbonyl (C=O) groups excluding carboxylic acids is 1. The number of rotatable bonds is 7. The molecular formula is C20H23FN2O2S. The van der Waals surface area contributed by atoms with Gasteiger partial charge in [0.15, 0.2) is 5.11 Å². The van der Waals surface area contributed by atoms with E-state index in [1.165, 1.54) is 12.1 Å². The average Bonchev–Trinajstić information content (AvgIpc) is 2.62. The normalized spacial score (nSPS) is 10.3. The molecule has 138 valence electrons. The van der Waals surface area contributed by atoms with Gasteiger partial charge in [0.1, 0.15) is 5.82 Å². The van der Waals surface area contributed by atoms with Gasteiger partial charge in [-0.15, -0.1) is 0 Å². The number of esters is 1. The molecule has 0 aliphatic heterocycles. The molecular weight excluding hydrogens is 351 g/mol. The Morgan fingerprint density at radius 3 is 2.58 bits per heavy atom. The van der Waals surface area contributed by atoms with Crippen molar-refractivity contribution < 1.29 is 13.9 Å². The second-order valence-electron chi connectivity index (χ2n) is 5.86. The van der Waals surface area contributed by atoms with E-state index in [2.05, 4.69) is 10.6 Å². The Morgan fingerprint density at radius 2 is 1.92 bits per heavy atom. The fourth-order valence-corrected chi connectivity index (χ4v) is 2.67. The lowest BCUT2D eigenvalue weighted by Crippen LogP contribution is -2.29. The van der Waals surface area contributed by atoms with Crippen molar-refractivity contribution in [3.05, 3.63) is 65.0 Å². The number of halogens is 1. The second-order valence-corrected chi connectivity index (χ2v) is 6.27. The minimum Gasteiger partial charge on any atom is -0.462 e. The molecule has 2 aromatic carbocycles. The molecule has 0 aliphatic rings.